The second-order valence-corrected chi connectivity index (χ2v) is 18.0. The Morgan fingerprint density at radius 2 is 1.02 bits per heavy atom. The maximum atomic E-state index is 6.72. The Bertz CT molecular complexity index is 1210. The minimum Gasteiger partial charge on any atom is -0.353 e. The van der Waals surface area contributed by atoms with E-state index in [9.17, 15) is 0 Å². The fourth-order valence-corrected chi connectivity index (χ4v) is 9.15. The monoisotopic (exact) mass is 710 g/mol. The van der Waals surface area contributed by atoms with Crippen molar-refractivity contribution >= 4 is 67.1 Å². The van der Waals surface area contributed by atoms with Gasteiger partial charge >= 0.3 is 0 Å². The highest BCUT2D eigenvalue weighted by Gasteiger charge is 2.46. The van der Waals surface area contributed by atoms with Crippen LogP contribution >= 0.6 is 23.5 Å². The molecular formula is C35H64B2N10S2. The van der Waals surface area contributed by atoms with Gasteiger partial charge < -0.3 is 15.5 Å². The molecular weight excluding hydrogens is 646 g/mol. The van der Waals surface area contributed by atoms with Crippen molar-refractivity contribution in [1.29, 1.82) is 0 Å². The number of nitrogens with zero attached hydrogens (tertiary/aromatic N) is 8. The minimum absolute atomic E-state index is 0.0879. The molecule has 0 saturated heterocycles. The molecule has 14 heteroatoms. The average Bonchev–Trinajstić information content (AvgIpc) is 3.24. The van der Waals surface area contributed by atoms with Crippen LogP contribution in [-0.2, 0) is 0 Å². The van der Waals surface area contributed by atoms with E-state index in [2.05, 4.69) is 118 Å². The second-order valence-electron chi connectivity index (χ2n) is 15.8. The van der Waals surface area contributed by atoms with Crippen LogP contribution in [0.15, 0.2) is 9.98 Å². The molecule has 0 spiro atoms. The van der Waals surface area contributed by atoms with E-state index in [4.69, 9.17) is 40.6 Å². The molecule has 4 radical (unpaired) electrons. The van der Waals surface area contributed by atoms with Crippen molar-refractivity contribution in [1.82, 2.24) is 24.8 Å². The number of thioether (sulfide) groups is 2. The Labute approximate surface area is 309 Å². The standard InChI is InChI=1S/C35H64B2N10S2/c1-15-17-25(36)47(26(37)18-16-2)31-41-29(38-23(3)19-21-48-27-32(5,6)45(13)34(9,10)43-27)40-30(42-31)39-24(4)20-22-49-28-33(7,8)46(14)35(11,12)44-28/h23-26H,15-22H2,1-14H3,(H2,38,39,40,41,42). The summed E-state index contributed by atoms with van der Waals surface area (Å²) < 4.78 is 0. The van der Waals surface area contributed by atoms with Gasteiger partial charge in [-0.05, 0) is 121 Å². The van der Waals surface area contributed by atoms with E-state index in [0.717, 1.165) is 50.0 Å². The zero-order chi connectivity index (χ0) is 36.9. The highest BCUT2D eigenvalue weighted by molar-refractivity contribution is 8.14. The number of anilines is 3. The van der Waals surface area contributed by atoms with Gasteiger partial charge in [-0.2, -0.15) is 15.0 Å². The number of rotatable bonds is 17. The first kappa shape index (κ1) is 41.9. The van der Waals surface area contributed by atoms with Crippen LogP contribution in [0.2, 0.25) is 0 Å². The van der Waals surface area contributed by atoms with Crippen molar-refractivity contribution in [2.75, 3.05) is 41.1 Å². The van der Waals surface area contributed by atoms with Crippen LogP contribution in [0.4, 0.5) is 17.8 Å². The zero-order valence-corrected chi connectivity index (χ0v) is 34.6. The molecule has 2 aliphatic rings. The van der Waals surface area contributed by atoms with Gasteiger partial charge in [0.15, 0.2) is 0 Å². The highest BCUT2D eigenvalue weighted by atomic mass is 32.2. The molecule has 4 atom stereocenters. The molecule has 1 aromatic rings. The van der Waals surface area contributed by atoms with Crippen LogP contribution in [0.25, 0.3) is 0 Å². The summed E-state index contributed by atoms with van der Waals surface area (Å²) in [5, 5.41) is 9.49. The summed E-state index contributed by atoms with van der Waals surface area (Å²) in [7, 11) is 17.7. The topological polar surface area (TPSA) is 97.2 Å². The third-order valence-corrected chi connectivity index (χ3v) is 12.8. The predicted octanol–water partition coefficient (Wildman–Crippen LogP) is 6.83. The van der Waals surface area contributed by atoms with Crippen LogP contribution in [-0.4, -0.2) is 123 Å². The van der Waals surface area contributed by atoms with Crippen LogP contribution in [0.1, 0.15) is 122 Å². The quantitative estimate of drug-likeness (QED) is 0.168. The number of hydrogen-bond donors (Lipinski definition) is 2. The Kier molecular flexibility index (Phi) is 14.4. The third kappa shape index (κ3) is 10.3. The molecule has 0 aromatic carbocycles. The lowest BCUT2D eigenvalue weighted by Gasteiger charge is -2.36. The summed E-state index contributed by atoms with van der Waals surface area (Å²) in [6, 6.07) is 0.251. The third-order valence-electron chi connectivity index (χ3n) is 10.2. The van der Waals surface area contributed by atoms with E-state index < -0.39 is 0 Å². The molecule has 272 valence electrons. The van der Waals surface area contributed by atoms with Crippen molar-refractivity contribution in [3.63, 3.8) is 0 Å². The summed E-state index contributed by atoms with van der Waals surface area (Å²) in [5.41, 5.74) is -0.576. The van der Waals surface area contributed by atoms with E-state index >= 15 is 0 Å². The fraction of sp³-hybridized carbons (Fsp3) is 0.857. The molecule has 0 aliphatic carbocycles. The smallest absolute Gasteiger partial charge is 0.231 e. The summed E-state index contributed by atoms with van der Waals surface area (Å²) in [6.45, 7) is 26.3. The zero-order valence-electron chi connectivity index (χ0n) is 33.0. The van der Waals surface area contributed by atoms with Gasteiger partial charge in [-0.3, -0.25) is 19.8 Å². The molecule has 49 heavy (non-hydrogen) atoms. The van der Waals surface area contributed by atoms with Gasteiger partial charge in [0, 0.05) is 23.6 Å². The predicted molar refractivity (Wildman–Crippen MR) is 218 cm³/mol. The normalized spacial score (nSPS) is 22.2. The molecule has 3 heterocycles. The van der Waals surface area contributed by atoms with Crippen LogP contribution in [0.5, 0.6) is 0 Å². The summed E-state index contributed by atoms with van der Waals surface area (Å²) >= 11 is 3.68. The summed E-state index contributed by atoms with van der Waals surface area (Å²) in [6.07, 6.45) is 5.28. The SMILES string of the molecule is [B]C(CCC)N(c1nc(NC(C)CCSC2=NC(C)(C)N(C)C2(C)C)nc(NC(C)CCSC2=NC(C)(C)N(C)C2(C)C)n1)C([B])CCC. The van der Waals surface area contributed by atoms with Crippen LogP contribution < -0.4 is 15.5 Å². The van der Waals surface area contributed by atoms with Crippen molar-refractivity contribution in [3.8, 4) is 0 Å². The van der Waals surface area contributed by atoms with Crippen molar-refractivity contribution < 1.29 is 0 Å². The van der Waals surface area contributed by atoms with E-state index in [-0.39, 0.29) is 46.4 Å². The maximum absolute atomic E-state index is 6.72. The highest BCUT2D eigenvalue weighted by Crippen LogP contribution is 2.38. The van der Waals surface area contributed by atoms with Gasteiger partial charge in [-0.1, -0.05) is 26.7 Å². The Morgan fingerprint density at radius 3 is 1.33 bits per heavy atom. The van der Waals surface area contributed by atoms with Crippen molar-refractivity contribution in [3.05, 3.63) is 0 Å². The first-order valence-electron chi connectivity index (χ1n) is 18.2. The largest absolute Gasteiger partial charge is 0.353 e. The Hall–Kier alpha value is -1.50. The van der Waals surface area contributed by atoms with Gasteiger partial charge in [-0.25, -0.2) is 0 Å². The molecule has 10 nitrogen and oxygen atoms in total. The first-order chi connectivity index (χ1) is 22.7. The van der Waals surface area contributed by atoms with Crippen LogP contribution in [0.3, 0.4) is 0 Å². The van der Waals surface area contributed by atoms with Crippen molar-refractivity contribution in [2.24, 2.45) is 9.98 Å². The number of hydrogen-bond acceptors (Lipinski definition) is 12. The maximum Gasteiger partial charge on any atom is 0.231 e. The van der Waals surface area contributed by atoms with E-state index in [1.165, 1.54) is 10.1 Å². The van der Waals surface area contributed by atoms with E-state index in [1.54, 1.807) is 0 Å². The lowest BCUT2D eigenvalue weighted by atomic mass is 9.83. The minimum atomic E-state index is -0.298. The molecule has 1 aromatic heterocycles. The molecule has 2 N–H and O–H groups in total. The molecule has 3 rings (SSSR count). The second kappa shape index (κ2) is 16.9. The van der Waals surface area contributed by atoms with Gasteiger partial charge in [0.05, 0.1) is 36.9 Å². The fourth-order valence-electron chi connectivity index (χ4n) is 6.26. The lowest BCUT2D eigenvalue weighted by molar-refractivity contribution is 0.121. The number of aliphatic imine (C=N–C) groups is 2. The summed E-state index contributed by atoms with van der Waals surface area (Å²) in [4.78, 5) is 31.4. The number of nitrogens with one attached hydrogen (secondary N) is 2. The van der Waals surface area contributed by atoms with E-state index in [0.29, 0.717) is 17.8 Å². The number of aromatic nitrogens is 3. The Balaban J connectivity index is 1.77. The van der Waals surface area contributed by atoms with Crippen molar-refractivity contribution in [2.45, 2.75) is 168 Å². The summed E-state index contributed by atoms with van der Waals surface area (Å²) in [5.74, 6) is 2.82. The molecule has 4 unspecified atom stereocenters. The van der Waals surface area contributed by atoms with Gasteiger partial charge in [0.25, 0.3) is 0 Å². The Morgan fingerprint density at radius 1 is 0.653 bits per heavy atom. The van der Waals surface area contributed by atoms with Gasteiger partial charge in [-0.15, -0.1) is 23.5 Å². The molecule has 0 amide bonds. The van der Waals surface area contributed by atoms with E-state index in [1.807, 2.05) is 28.4 Å². The molecule has 0 fully saturated rings. The van der Waals surface area contributed by atoms with Crippen LogP contribution in [0, 0.1) is 0 Å². The average molecular weight is 711 g/mol. The lowest BCUT2D eigenvalue weighted by Crippen LogP contribution is -2.48. The molecule has 0 saturated carbocycles. The molecule has 0 bridgehead atoms. The first-order valence-corrected chi connectivity index (χ1v) is 20.2. The van der Waals surface area contributed by atoms with Gasteiger partial charge in [0.1, 0.15) is 11.3 Å². The molecule has 2 aliphatic heterocycles. The van der Waals surface area contributed by atoms with Gasteiger partial charge in [0.2, 0.25) is 17.8 Å².